The van der Waals surface area contributed by atoms with Gasteiger partial charge in [0, 0.05) is 17.2 Å². The third-order valence-corrected chi connectivity index (χ3v) is 2.38. The molecule has 4 heteroatoms. The second-order valence-electron chi connectivity index (χ2n) is 3.44. The molecule has 1 aromatic rings. The summed E-state index contributed by atoms with van der Waals surface area (Å²) in [6.07, 6.45) is 0.633. The first-order valence-electron chi connectivity index (χ1n) is 5.18. The Labute approximate surface area is 94.6 Å². The number of carbonyl (C=O) groups is 1. The lowest BCUT2D eigenvalue weighted by molar-refractivity contribution is 0.0992. The maximum absolute atomic E-state index is 13.3. The molecule has 0 heterocycles. The summed E-state index contributed by atoms with van der Waals surface area (Å²) in [4.78, 5) is 11.8. The van der Waals surface area contributed by atoms with E-state index in [0.29, 0.717) is 17.7 Å². The molecule has 0 amide bonds. The predicted molar refractivity (Wildman–Crippen MR) is 60.6 cm³/mol. The van der Waals surface area contributed by atoms with Gasteiger partial charge >= 0.3 is 0 Å². The third kappa shape index (κ3) is 2.58. The van der Waals surface area contributed by atoms with Crippen molar-refractivity contribution in [1.29, 1.82) is 0 Å². The molecule has 0 bridgehead atoms. The van der Waals surface area contributed by atoms with Crippen LogP contribution in [0.25, 0.3) is 0 Å². The van der Waals surface area contributed by atoms with Gasteiger partial charge in [-0.1, -0.05) is 6.92 Å². The molecule has 0 aliphatic carbocycles. The van der Waals surface area contributed by atoms with E-state index in [1.807, 2.05) is 6.92 Å². The summed E-state index contributed by atoms with van der Waals surface area (Å²) in [6.45, 7) is 2.10. The first-order chi connectivity index (χ1) is 7.63. The van der Waals surface area contributed by atoms with Gasteiger partial charge in [-0.3, -0.25) is 4.79 Å². The number of methoxy groups -OCH3 is 1. The highest BCUT2D eigenvalue weighted by Crippen LogP contribution is 2.25. The molecule has 0 aliphatic rings. The molecule has 0 fully saturated rings. The molecule has 1 rings (SSSR count). The van der Waals surface area contributed by atoms with Crippen molar-refractivity contribution in [2.24, 2.45) is 0 Å². The maximum Gasteiger partial charge on any atom is 0.177 e. The minimum absolute atomic E-state index is 0.128. The van der Waals surface area contributed by atoms with E-state index in [9.17, 15) is 9.18 Å². The van der Waals surface area contributed by atoms with Crippen molar-refractivity contribution in [3.8, 4) is 5.75 Å². The highest BCUT2D eigenvalue weighted by atomic mass is 19.1. The van der Waals surface area contributed by atoms with E-state index in [1.165, 1.54) is 19.2 Å². The van der Waals surface area contributed by atoms with Gasteiger partial charge in [-0.2, -0.15) is 0 Å². The van der Waals surface area contributed by atoms with Gasteiger partial charge in [0.05, 0.1) is 13.7 Å². The Bertz CT molecular complexity index is 391. The van der Waals surface area contributed by atoms with Gasteiger partial charge in [0.1, 0.15) is 11.6 Å². The lowest BCUT2D eigenvalue weighted by atomic mass is 10.00. The second-order valence-corrected chi connectivity index (χ2v) is 3.44. The molecule has 0 saturated carbocycles. The van der Waals surface area contributed by atoms with Crippen molar-refractivity contribution >= 4 is 5.78 Å². The van der Waals surface area contributed by atoms with Crippen molar-refractivity contribution in [2.45, 2.75) is 13.3 Å². The highest BCUT2D eigenvalue weighted by Gasteiger charge is 2.15. The minimum atomic E-state index is -0.450. The van der Waals surface area contributed by atoms with Crippen LogP contribution in [0, 0.1) is 5.82 Å². The first-order valence-corrected chi connectivity index (χ1v) is 5.18. The molecule has 0 spiro atoms. The number of hydrogen-bond acceptors (Lipinski definition) is 3. The molecule has 0 radical (unpaired) electrons. The molecule has 1 aromatic carbocycles. The Kier molecular flexibility index (Phi) is 4.43. The lowest BCUT2D eigenvalue weighted by Crippen LogP contribution is -2.20. The standard InChI is InChI=1S/C12H16FNO2/c1-4-9-10(11(15)7-14-2)5-8(13)6-12(9)16-3/h5-6,14H,4,7H2,1-3H3. The van der Waals surface area contributed by atoms with Crippen LogP contribution < -0.4 is 10.1 Å². The molecule has 0 unspecified atom stereocenters. The molecular formula is C12H16FNO2. The first kappa shape index (κ1) is 12.6. The number of Topliss-reactive ketones (excluding diaryl/α,β-unsaturated/α-hetero) is 1. The van der Waals surface area contributed by atoms with Crippen molar-refractivity contribution in [3.63, 3.8) is 0 Å². The number of nitrogens with one attached hydrogen (secondary N) is 1. The Balaban J connectivity index is 3.24. The molecule has 3 nitrogen and oxygen atoms in total. The SMILES string of the molecule is CCc1c(OC)cc(F)cc1C(=O)CNC. The zero-order valence-electron chi connectivity index (χ0n) is 9.76. The van der Waals surface area contributed by atoms with E-state index >= 15 is 0 Å². The molecule has 1 N–H and O–H groups in total. The summed E-state index contributed by atoms with van der Waals surface area (Å²) in [6, 6.07) is 2.57. The van der Waals surface area contributed by atoms with Gasteiger partial charge in [0.2, 0.25) is 0 Å². The van der Waals surface area contributed by atoms with Gasteiger partial charge < -0.3 is 10.1 Å². The smallest absolute Gasteiger partial charge is 0.177 e. The fraction of sp³-hybridized carbons (Fsp3) is 0.417. The van der Waals surface area contributed by atoms with E-state index in [-0.39, 0.29) is 12.3 Å². The van der Waals surface area contributed by atoms with E-state index in [0.717, 1.165) is 5.56 Å². The molecule has 0 saturated heterocycles. The zero-order chi connectivity index (χ0) is 12.1. The molecule has 0 aliphatic heterocycles. The van der Waals surface area contributed by atoms with E-state index in [1.54, 1.807) is 7.05 Å². The average Bonchev–Trinajstić information content (AvgIpc) is 2.28. The van der Waals surface area contributed by atoms with Crippen molar-refractivity contribution in [3.05, 3.63) is 29.1 Å². The topological polar surface area (TPSA) is 38.3 Å². The van der Waals surface area contributed by atoms with Crippen molar-refractivity contribution in [1.82, 2.24) is 5.32 Å². The van der Waals surface area contributed by atoms with Gasteiger partial charge in [-0.15, -0.1) is 0 Å². The van der Waals surface area contributed by atoms with Gasteiger partial charge in [-0.05, 0) is 19.5 Å². The van der Waals surface area contributed by atoms with Crippen LogP contribution in [0.4, 0.5) is 4.39 Å². The molecule has 16 heavy (non-hydrogen) atoms. The Hall–Kier alpha value is -1.42. The van der Waals surface area contributed by atoms with Crippen LogP contribution in [0.3, 0.4) is 0 Å². The largest absolute Gasteiger partial charge is 0.496 e. The van der Waals surface area contributed by atoms with E-state index < -0.39 is 5.82 Å². The van der Waals surface area contributed by atoms with E-state index in [4.69, 9.17) is 4.74 Å². The van der Waals surface area contributed by atoms with Crippen LogP contribution in [0.1, 0.15) is 22.8 Å². The van der Waals surface area contributed by atoms with Crippen LogP contribution in [-0.2, 0) is 6.42 Å². The quantitative estimate of drug-likeness (QED) is 0.776. The minimum Gasteiger partial charge on any atom is -0.496 e. The zero-order valence-corrected chi connectivity index (χ0v) is 9.76. The van der Waals surface area contributed by atoms with Crippen molar-refractivity contribution < 1.29 is 13.9 Å². The molecular weight excluding hydrogens is 209 g/mol. The average molecular weight is 225 g/mol. The lowest BCUT2D eigenvalue weighted by Gasteiger charge is -2.12. The number of hydrogen-bond donors (Lipinski definition) is 1. The normalized spacial score (nSPS) is 10.2. The Morgan fingerprint density at radius 1 is 1.50 bits per heavy atom. The van der Waals surface area contributed by atoms with Crippen LogP contribution in [0.5, 0.6) is 5.75 Å². The fourth-order valence-electron chi connectivity index (χ4n) is 1.66. The Morgan fingerprint density at radius 2 is 2.19 bits per heavy atom. The molecule has 88 valence electrons. The van der Waals surface area contributed by atoms with Crippen LogP contribution in [0.2, 0.25) is 0 Å². The van der Waals surface area contributed by atoms with Crippen LogP contribution in [-0.4, -0.2) is 26.5 Å². The molecule has 0 atom stereocenters. The van der Waals surface area contributed by atoms with Crippen LogP contribution in [0.15, 0.2) is 12.1 Å². The van der Waals surface area contributed by atoms with Gasteiger partial charge in [0.25, 0.3) is 0 Å². The fourth-order valence-corrected chi connectivity index (χ4v) is 1.66. The summed E-state index contributed by atoms with van der Waals surface area (Å²) in [7, 11) is 3.15. The van der Waals surface area contributed by atoms with Crippen LogP contribution >= 0.6 is 0 Å². The summed E-state index contributed by atoms with van der Waals surface area (Å²) < 4.78 is 18.4. The summed E-state index contributed by atoms with van der Waals surface area (Å²) in [5.74, 6) is -0.146. The van der Waals surface area contributed by atoms with Crippen molar-refractivity contribution in [2.75, 3.05) is 20.7 Å². The number of carbonyl (C=O) groups excluding carboxylic acids is 1. The monoisotopic (exact) mass is 225 g/mol. The number of ether oxygens (including phenoxy) is 1. The number of likely N-dealkylation sites (N-methyl/N-ethyl adjacent to an activating group) is 1. The summed E-state index contributed by atoms with van der Waals surface area (Å²) in [5, 5.41) is 2.76. The third-order valence-electron chi connectivity index (χ3n) is 2.38. The van der Waals surface area contributed by atoms with Gasteiger partial charge in [-0.25, -0.2) is 4.39 Å². The number of rotatable bonds is 5. The van der Waals surface area contributed by atoms with E-state index in [2.05, 4.69) is 5.32 Å². The van der Waals surface area contributed by atoms with Gasteiger partial charge in [0.15, 0.2) is 5.78 Å². The number of benzene rings is 1. The number of ketones is 1. The summed E-state index contributed by atoms with van der Waals surface area (Å²) >= 11 is 0. The predicted octanol–water partition coefficient (Wildman–Crippen LogP) is 1.80. The number of halogens is 1. The maximum atomic E-state index is 13.3. The highest BCUT2D eigenvalue weighted by molar-refractivity contribution is 5.99. The summed E-state index contributed by atoms with van der Waals surface area (Å²) in [5.41, 5.74) is 1.15. The Morgan fingerprint density at radius 3 is 2.69 bits per heavy atom. The molecule has 0 aromatic heterocycles. The second kappa shape index (κ2) is 5.61.